The Balaban J connectivity index is 1.74. The first-order valence-electron chi connectivity index (χ1n) is 9.64. The third-order valence-corrected chi connectivity index (χ3v) is 6.28. The van der Waals surface area contributed by atoms with Gasteiger partial charge in [-0.25, -0.2) is 4.98 Å². The second-order valence-corrected chi connectivity index (χ2v) is 8.26. The first-order valence-corrected chi connectivity index (χ1v) is 10.5. The van der Waals surface area contributed by atoms with Crippen LogP contribution in [0.1, 0.15) is 34.3 Å². The Labute approximate surface area is 164 Å². The molecule has 6 heteroatoms. The summed E-state index contributed by atoms with van der Waals surface area (Å²) < 4.78 is 2.06. The van der Waals surface area contributed by atoms with Crippen LogP contribution in [0.4, 0.5) is 0 Å². The third-order valence-electron chi connectivity index (χ3n) is 5.22. The Bertz CT molecular complexity index is 952. The molecule has 1 amide bonds. The number of amides is 1. The molecule has 3 aromatic rings. The SMILES string of the molecule is CCCN1CCN(C(=O)c2sc3nc(C)cc(C)c3c2-n2cccc2)CC1. The normalized spacial score (nSPS) is 15.6. The van der Waals surface area contributed by atoms with E-state index in [0.717, 1.165) is 65.6 Å². The lowest BCUT2D eigenvalue weighted by molar-refractivity contribution is 0.0642. The number of carbonyl (C=O) groups excluding carboxylic acids is 1. The number of nitrogens with zero attached hydrogens (tertiary/aromatic N) is 4. The zero-order valence-corrected chi connectivity index (χ0v) is 17.1. The second kappa shape index (κ2) is 7.44. The maximum Gasteiger partial charge on any atom is 0.266 e. The maximum absolute atomic E-state index is 13.4. The van der Waals surface area contributed by atoms with Crippen molar-refractivity contribution in [2.75, 3.05) is 32.7 Å². The number of pyridine rings is 1. The van der Waals surface area contributed by atoms with Crippen LogP contribution < -0.4 is 0 Å². The number of fused-ring (bicyclic) bond motifs is 1. The zero-order valence-electron chi connectivity index (χ0n) is 16.2. The van der Waals surface area contributed by atoms with Gasteiger partial charge in [0.25, 0.3) is 5.91 Å². The van der Waals surface area contributed by atoms with E-state index in [1.54, 1.807) is 0 Å². The molecule has 1 aliphatic rings. The minimum Gasteiger partial charge on any atom is -0.335 e. The number of rotatable bonds is 4. The predicted molar refractivity (Wildman–Crippen MR) is 111 cm³/mol. The van der Waals surface area contributed by atoms with Crippen molar-refractivity contribution < 1.29 is 4.79 Å². The Kier molecular flexibility index (Phi) is 5.02. The highest BCUT2D eigenvalue weighted by molar-refractivity contribution is 7.21. The van der Waals surface area contributed by atoms with Gasteiger partial charge < -0.3 is 9.47 Å². The Morgan fingerprint density at radius 1 is 1.15 bits per heavy atom. The predicted octanol–water partition coefficient (Wildman–Crippen LogP) is 3.87. The van der Waals surface area contributed by atoms with E-state index in [-0.39, 0.29) is 5.91 Å². The van der Waals surface area contributed by atoms with Crippen LogP contribution in [0.5, 0.6) is 0 Å². The molecule has 0 spiro atoms. The van der Waals surface area contributed by atoms with E-state index >= 15 is 0 Å². The van der Waals surface area contributed by atoms with Gasteiger partial charge in [-0.15, -0.1) is 11.3 Å². The number of piperazine rings is 1. The quantitative estimate of drug-likeness (QED) is 0.688. The van der Waals surface area contributed by atoms with Gasteiger partial charge in [-0.05, 0) is 50.6 Å². The number of thiophene rings is 1. The highest BCUT2D eigenvalue weighted by Crippen LogP contribution is 2.36. The van der Waals surface area contributed by atoms with Gasteiger partial charge in [-0.2, -0.15) is 0 Å². The topological polar surface area (TPSA) is 41.4 Å². The largest absolute Gasteiger partial charge is 0.335 e. The molecule has 0 atom stereocenters. The average Bonchev–Trinajstić information content (AvgIpc) is 3.29. The summed E-state index contributed by atoms with van der Waals surface area (Å²) in [7, 11) is 0. The molecule has 1 fully saturated rings. The molecule has 0 saturated carbocycles. The second-order valence-electron chi connectivity index (χ2n) is 7.26. The number of aryl methyl sites for hydroxylation is 2. The molecule has 5 nitrogen and oxygen atoms in total. The third kappa shape index (κ3) is 3.39. The van der Waals surface area contributed by atoms with Crippen molar-refractivity contribution in [2.45, 2.75) is 27.2 Å². The highest BCUT2D eigenvalue weighted by Gasteiger charge is 2.28. The first kappa shape index (κ1) is 18.2. The summed E-state index contributed by atoms with van der Waals surface area (Å²) in [5.41, 5.74) is 3.14. The molecule has 3 aromatic heterocycles. The van der Waals surface area contributed by atoms with E-state index in [0.29, 0.717) is 0 Å². The zero-order chi connectivity index (χ0) is 19.0. The Morgan fingerprint density at radius 3 is 2.52 bits per heavy atom. The van der Waals surface area contributed by atoms with Crippen LogP contribution in [0.15, 0.2) is 30.6 Å². The fourth-order valence-electron chi connectivity index (χ4n) is 3.93. The molecular weight excluding hydrogens is 356 g/mol. The van der Waals surface area contributed by atoms with E-state index in [2.05, 4.69) is 29.4 Å². The number of hydrogen-bond donors (Lipinski definition) is 0. The molecule has 0 bridgehead atoms. The first-order chi connectivity index (χ1) is 13.1. The van der Waals surface area contributed by atoms with Crippen LogP contribution in [0, 0.1) is 13.8 Å². The lowest BCUT2D eigenvalue weighted by Gasteiger charge is -2.34. The smallest absolute Gasteiger partial charge is 0.266 e. The fourth-order valence-corrected chi connectivity index (χ4v) is 5.20. The van der Waals surface area contributed by atoms with Crippen molar-refractivity contribution in [2.24, 2.45) is 0 Å². The highest BCUT2D eigenvalue weighted by atomic mass is 32.1. The van der Waals surface area contributed by atoms with Gasteiger partial charge in [-0.3, -0.25) is 9.69 Å². The maximum atomic E-state index is 13.4. The van der Waals surface area contributed by atoms with E-state index in [9.17, 15) is 4.79 Å². The average molecular weight is 383 g/mol. The lowest BCUT2D eigenvalue weighted by Crippen LogP contribution is -2.48. The number of aromatic nitrogens is 2. The summed E-state index contributed by atoms with van der Waals surface area (Å²) >= 11 is 1.53. The van der Waals surface area contributed by atoms with Gasteiger partial charge in [-0.1, -0.05) is 6.92 Å². The molecule has 0 aromatic carbocycles. The van der Waals surface area contributed by atoms with Crippen molar-refractivity contribution in [3.05, 3.63) is 46.7 Å². The molecule has 4 rings (SSSR count). The van der Waals surface area contributed by atoms with Crippen LogP contribution in [-0.4, -0.2) is 58.0 Å². The molecule has 0 radical (unpaired) electrons. The van der Waals surface area contributed by atoms with Gasteiger partial charge in [0.05, 0.1) is 5.69 Å². The van der Waals surface area contributed by atoms with E-state index in [1.165, 1.54) is 16.9 Å². The summed E-state index contributed by atoms with van der Waals surface area (Å²) in [6, 6.07) is 6.09. The van der Waals surface area contributed by atoms with Crippen LogP contribution >= 0.6 is 11.3 Å². The summed E-state index contributed by atoms with van der Waals surface area (Å²) in [6.07, 6.45) is 5.18. The van der Waals surface area contributed by atoms with Gasteiger partial charge in [0, 0.05) is 49.7 Å². The molecule has 0 aliphatic carbocycles. The van der Waals surface area contributed by atoms with E-state index < -0.39 is 0 Å². The van der Waals surface area contributed by atoms with Gasteiger partial charge in [0.1, 0.15) is 9.71 Å². The fraction of sp³-hybridized carbons (Fsp3) is 0.429. The van der Waals surface area contributed by atoms with Crippen LogP contribution in [0.2, 0.25) is 0 Å². The minimum absolute atomic E-state index is 0.134. The molecule has 27 heavy (non-hydrogen) atoms. The molecule has 1 aliphatic heterocycles. The van der Waals surface area contributed by atoms with Crippen molar-refractivity contribution in [3.8, 4) is 5.69 Å². The molecule has 1 saturated heterocycles. The van der Waals surface area contributed by atoms with Crippen molar-refractivity contribution in [3.63, 3.8) is 0 Å². The number of carbonyl (C=O) groups is 1. The van der Waals surface area contributed by atoms with Crippen LogP contribution in [0.25, 0.3) is 15.9 Å². The Morgan fingerprint density at radius 2 is 1.85 bits per heavy atom. The van der Waals surface area contributed by atoms with Crippen molar-refractivity contribution >= 4 is 27.5 Å². The van der Waals surface area contributed by atoms with Crippen LogP contribution in [0.3, 0.4) is 0 Å². The molecular formula is C21H26N4OS. The van der Waals surface area contributed by atoms with Gasteiger partial charge >= 0.3 is 0 Å². The summed E-state index contributed by atoms with van der Waals surface area (Å²) in [6.45, 7) is 10.9. The standard InChI is InChI=1S/C21H26N4OS/c1-4-7-23-10-12-25(13-11-23)21(26)19-18(24-8-5-6-9-24)17-15(2)14-16(3)22-20(17)27-19/h5-6,8-9,14H,4,7,10-13H2,1-3H3. The lowest BCUT2D eigenvalue weighted by atomic mass is 10.1. The van der Waals surface area contributed by atoms with Crippen molar-refractivity contribution in [1.29, 1.82) is 0 Å². The van der Waals surface area contributed by atoms with Crippen molar-refractivity contribution in [1.82, 2.24) is 19.4 Å². The molecule has 0 unspecified atom stereocenters. The van der Waals surface area contributed by atoms with Gasteiger partial charge in [0.2, 0.25) is 0 Å². The molecule has 4 heterocycles. The molecule has 142 valence electrons. The number of hydrogen-bond acceptors (Lipinski definition) is 4. The monoisotopic (exact) mass is 382 g/mol. The summed E-state index contributed by atoms with van der Waals surface area (Å²) in [5, 5.41) is 1.09. The summed E-state index contributed by atoms with van der Waals surface area (Å²) in [5.74, 6) is 0.134. The van der Waals surface area contributed by atoms with Crippen LogP contribution in [-0.2, 0) is 0 Å². The van der Waals surface area contributed by atoms with Gasteiger partial charge in [0.15, 0.2) is 0 Å². The minimum atomic E-state index is 0.134. The van der Waals surface area contributed by atoms with E-state index in [4.69, 9.17) is 4.98 Å². The van der Waals surface area contributed by atoms with E-state index in [1.807, 2.05) is 36.4 Å². The molecule has 0 N–H and O–H groups in total. The Hall–Kier alpha value is -2.18. The summed E-state index contributed by atoms with van der Waals surface area (Å²) in [4.78, 5) is 24.3.